The van der Waals surface area contributed by atoms with Crippen LogP contribution in [0.3, 0.4) is 0 Å². The number of hydrogen-bond donors (Lipinski definition) is 1. The lowest BCUT2D eigenvalue weighted by Crippen LogP contribution is -2.14. The Kier molecular flexibility index (Phi) is 4.24. The van der Waals surface area contributed by atoms with E-state index in [0.29, 0.717) is 6.54 Å². The standard InChI is InChI=1S/C15H16ClNO/c1-18-15-5-3-2-4-13(15)14(10-17)11-6-8-12(16)9-7-11/h2-9,14H,10,17H2,1H3. The fraction of sp³-hybridized carbons (Fsp3) is 0.200. The van der Waals surface area contributed by atoms with Gasteiger partial charge in [-0.15, -0.1) is 0 Å². The average Bonchev–Trinajstić information content (AvgIpc) is 2.42. The van der Waals surface area contributed by atoms with Crippen molar-refractivity contribution >= 4 is 11.6 Å². The number of hydrogen-bond acceptors (Lipinski definition) is 2. The molecule has 0 aliphatic heterocycles. The lowest BCUT2D eigenvalue weighted by Gasteiger charge is -2.18. The molecule has 0 heterocycles. The Hall–Kier alpha value is -1.51. The zero-order chi connectivity index (χ0) is 13.0. The quantitative estimate of drug-likeness (QED) is 0.915. The summed E-state index contributed by atoms with van der Waals surface area (Å²) >= 11 is 5.91. The fourth-order valence-electron chi connectivity index (χ4n) is 2.09. The SMILES string of the molecule is COc1ccccc1C(CN)c1ccc(Cl)cc1. The third-order valence-electron chi connectivity index (χ3n) is 3.02. The summed E-state index contributed by atoms with van der Waals surface area (Å²) < 4.78 is 5.39. The minimum atomic E-state index is 0.124. The second-order valence-corrected chi connectivity index (χ2v) is 4.52. The van der Waals surface area contributed by atoms with E-state index >= 15 is 0 Å². The molecule has 0 aromatic heterocycles. The van der Waals surface area contributed by atoms with Crippen LogP contribution < -0.4 is 10.5 Å². The first-order valence-electron chi connectivity index (χ1n) is 5.84. The van der Waals surface area contributed by atoms with Gasteiger partial charge in [0.15, 0.2) is 0 Å². The molecule has 2 aromatic carbocycles. The van der Waals surface area contributed by atoms with Crippen LogP contribution in [-0.4, -0.2) is 13.7 Å². The Balaban J connectivity index is 2.41. The molecule has 0 fully saturated rings. The van der Waals surface area contributed by atoms with Gasteiger partial charge in [-0.2, -0.15) is 0 Å². The van der Waals surface area contributed by atoms with Gasteiger partial charge in [-0.25, -0.2) is 0 Å². The van der Waals surface area contributed by atoms with E-state index in [1.165, 1.54) is 0 Å². The third kappa shape index (κ3) is 2.66. The van der Waals surface area contributed by atoms with E-state index in [2.05, 4.69) is 0 Å². The van der Waals surface area contributed by atoms with Gasteiger partial charge in [0.05, 0.1) is 7.11 Å². The summed E-state index contributed by atoms with van der Waals surface area (Å²) in [6.07, 6.45) is 0. The summed E-state index contributed by atoms with van der Waals surface area (Å²) in [6, 6.07) is 15.7. The number of benzene rings is 2. The highest BCUT2D eigenvalue weighted by molar-refractivity contribution is 6.30. The Bertz CT molecular complexity index is 510. The van der Waals surface area contributed by atoms with Gasteiger partial charge in [0, 0.05) is 23.0 Å². The number of para-hydroxylation sites is 1. The zero-order valence-corrected chi connectivity index (χ0v) is 11.0. The summed E-state index contributed by atoms with van der Waals surface area (Å²) in [6.45, 7) is 0.530. The summed E-state index contributed by atoms with van der Waals surface area (Å²) in [5.74, 6) is 0.987. The monoisotopic (exact) mass is 261 g/mol. The van der Waals surface area contributed by atoms with Crippen molar-refractivity contribution in [3.05, 3.63) is 64.7 Å². The first-order valence-corrected chi connectivity index (χ1v) is 6.22. The van der Waals surface area contributed by atoms with Gasteiger partial charge in [0.1, 0.15) is 5.75 Å². The minimum Gasteiger partial charge on any atom is -0.496 e. The van der Waals surface area contributed by atoms with Crippen molar-refractivity contribution in [2.45, 2.75) is 5.92 Å². The number of nitrogens with two attached hydrogens (primary N) is 1. The predicted octanol–water partition coefficient (Wildman–Crippen LogP) is 3.44. The van der Waals surface area contributed by atoms with Crippen LogP contribution in [0.5, 0.6) is 5.75 Å². The van der Waals surface area contributed by atoms with E-state index in [4.69, 9.17) is 22.1 Å². The highest BCUT2D eigenvalue weighted by Crippen LogP contribution is 2.31. The maximum absolute atomic E-state index is 5.91. The minimum absolute atomic E-state index is 0.124. The predicted molar refractivity (Wildman–Crippen MR) is 75.3 cm³/mol. The van der Waals surface area contributed by atoms with Gasteiger partial charge >= 0.3 is 0 Å². The Labute approximate surface area is 112 Å². The molecule has 0 aliphatic rings. The number of ether oxygens (including phenoxy) is 1. The molecule has 2 N–H and O–H groups in total. The van der Waals surface area contributed by atoms with E-state index in [-0.39, 0.29) is 5.92 Å². The van der Waals surface area contributed by atoms with E-state index in [1.807, 2.05) is 48.5 Å². The topological polar surface area (TPSA) is 35.2 Å². The molecule has 0 amide bonds. The largest absolute Gasteiger partial charge is 0.496 e. The molecule has 94 valence electrons. The van der Waals surface area contributed by atoms with Crippen LogP contribution in [0.15, 0.2) is 48.5 Å². The van der Waals surface area contributed by atoms with Crippen LogP contribution in [0.25, 0.3) is 0 Å². The molecule has 0 aliphatic carbocycles. The molecule has 18 heavy (non-hydrogen) atoms. The van der Waals surface area contributed by atoms with Crippen molar-refractivity contribution in [3.63, 3.8) is 0 Å². The maximum atomic E-state index is 5.91. The smallest absolute Gasteiger partial charge is 0.122 e. The number of methoxy groups -OCH3 is 1. The van der Waals surface area contributed by atoms with Gasteiger partial charge in [0.2, 0.25) is 0 Å². The molecule has 2 nitrogen and oxygen atoms in total. The molecule has 2 rings (SSSR count). The first-order chi connectivity index (χ1) is 8.76. The molecule has 1 atom stereocenters. The second-order valence-electron chi connectivity index (χ2n) is 4.08. The van der Waals surface area contributed by atoms with Crippen molar-refractivity contribution < 1.29 is 4.74 Å². The van der Waals surface area contributed by atoms with Gasteiger partial charge in [-0.3, -0.25) is 0 Å². The maximum Gasteiger partial charge on any atom is 0.122 e. The summed E-state index contributed by atoms with van der Waals surface area (Å²) in [5, 5.41) is 0.731. The molecule has 0 spiro atoms. The van der Waals surface area contributed by atoms with Crippen LogP contribution in [0, 0.1) is 0 Å². The van der Waals surface area contributed by atoms with Gasteiger partial charge in [-0.1, -0.05) is 41.9 Å². The van der Waals surface area contributed by atoms with E-state index in [9.17, 15) is 0 Å². The van der Waals surface area contributed by atoms with E-state index < -0.39 is 0 Å². The van der Waals surface area contributed by atoms with Crippen LogP contribution in [0.4, 0.5) is 0 Å². The van der Waals surface area contributed by atoms with Crippen molar-refractivity contribution in [2.75, 3.05) is 13.7 Å². The molecule has 1 unspecified atom stereocenters. The first kappa shape index (κ1) is 12.9. The van der Waals surface area contributed by atoms with Crippen LogP contribution in [0.1, 0.15) is 17.0 Å². The average molecular weight is 262 g/mol. The van der Waals surface area contributed by atoms with Crippen molar-refractivity contribution in [3.8, 4) is 5.75 Å². The van der Waals surface area contributed by atoms with Crippen molar-refractivity contribution in [1.82, 2.24) is 0 Å². The molecule has 3 heteroatoms. The highest BCUT2D eigenvalue weighted by Gasteiger charge is 2.16. The van der Waals surface area contributed by atoms with Crippen molar-refractivity contribution in [1.29, 1.82) is 0 Å². The highest BCUT2D eigenvalue weighted by atomic mass is 35.5. The van der Waals surface area contributed by atoms with Crippen LogP contribution >= 0.6 is 11.6 Å². The molecule has 2 aromatic rings. The van der Waals surface area contributed by atoms with Gasteiger partial charge in [-0.05, 0) is 23.8 Å². The molecular weight excluding hydrogens is 246 g/mol. The molecular formula is C15H16ClNO. The lowest BCUT2D eigenvalue weighted by atomic mass is 9.91. The number of rotatable bonds is 4. The van der Waals surface area contributed by atoms with E-state index in [1.54, 1.807) is 7.11 Å². The molecule has 0 saturated carbocycles. The van der Waals surface area contributed by atoms with Crippen molar-refractivity contribution in [2.24, 2.45) is 5.73 Å². The Morgan fingerprint density at radius 2 is 1.78 bits per heavy atom. The van der Waals surface area contributed by atoms with Crippen LogP contribution in [0.2, 0.25) is 5.02 Å². The Morgan fingerprint density at radius 3 is 2.39 bits per heavy atom. The zero-order valence-electron chi connectivity index (χ0n) is 10.3. The molecule has 0 radical (unpaired) electrons. The summed E-state index contributed by atoms with van der Waals surface area (Å²) in [5.41, 5.74) is 8.16. The lowest BCUT2D eigenvalue weighted by molar-refractivity contribution is 0.407. The molecule has 0 saturated heterocycles. The van der Waals surface area contributed by atoms with Crippen LogP contribution in [-0.2, 0) is 0 Å². The normalized spacial score (nSPS) is 12.2. The van der Waals surface area contributed by atoms with E-state index in [0.717, 1.165) is 21.9 Å². The second kappa shape index (κ2) is 5.89. The molecule has 0 bridgehead atoms. The number of halogens is 1. The third-order valence-corrected chi connectivity index (χ3v) is 3.27. The summed E-state index contributed by atoms with van der Waals surface area (Å²) in [4.78, 5) is 0. The summed E-state index contributed by atoms with van der Waals surface area (Å²) in [7, 11) is 1.67. The fourth-order valence-corrected chi connectivity index (χ4v) is 2.22. The van der Waals surface area contributed by atoms with Gasteiger partial charge < -0.3 is 10.5 Å². The van der Waals surface area contributed by atoms with Gasteiger partial charge in [0.25, 0.3) is 0 Å². The Morgan fingerprint density at radius 1 is 1.11 bits per heavy atom.